The standard InChI is InChI=1S/C50H31N3O2/c1-3-11-33(12-4-1)49-51-45-26-23-39(30-47(45)54-49)53(40-24-27-46-48(31-40)55-50(52-46)34-13-5-2-6-14-34)38-22-20-35-28-37(19-18-36(35)29-38)42-16-9-17-43-41-15-8-7-10-32(41)21-25-44(42)43/h1-31H/i20D. The van der Waals surface area contributed by atoms with Crippen LogP contribution in [-0.4, -0.2) is 9.97 Å². The largest absolute Gasteiger partial charge is 0.436 e. The van der Waals surface area contributed by atoms with Crippen LogP contribution in [0.5, 0.6) is 0 Å². The van der Waals surface area contributed by atoms with Gasteiger partial charge in [-0.3, -0.25) is 0 Å². The number of fused-ring (bicyclic) bond motifs is 6. The number of anilines is 3. The van der Waals surface area contributed by atoms with E-state index in [1.165, 1.54) is 21.5 Å². The molecule has 0 N–H and O–H groups in total. The molecule has 0 bridgehead atoms. The molecule has 0 aliphatic rings. The molecule has 0 amide bonds. The molecular weight excluding hydrogens is 675 g/mol. The molecule has 2 heterocycles. The summed E-state index contributed by atoms with van der Waals surface area (Å²) in [5.74, 6) is 1.13. The van der Waals surface area contributed by atoms with Crippen LogP contribution in [0.25, 0.3) is 88.6 Å². The first kappa shape index (κ1) is 30.0. The maximum atomic E-state index is 9.43. The van der Waals surface area contributed by atoms with E-state index in [0.717, 1.165) is 61.1 Å². The summed E-state index contributed by atoms with van der Waals surface area (Å²) in [7, 11) is 0. The summed E-state index contributed by atoms with van der Waals surface area (Å²) in [6, 6.07) is 62.2. The lowest BCUT2D eigenvalue weighted by atomic mass is 9.93. The highest BCUT2D eigenvalue weighted by molar-refractivity contribution is 6.12. The molecule has 0 unspecified atom stereocenters. The zero-order valence-corrected chi connectivity index (χ0v) is 29.5. The molecule has 5 nitrogen and oxygen atoms in total. The Morgan fingerprint density at radius 1 is 0.400 bits per heavy atom. The second kappa shape index (κ2) is 12.6. The fourth-order valence-electron chi connectivity index (χ4n) is 7.71. The molecule has 0 aliphatic carbocycles. The van der Waals surface area contributed by atoms with E-state index in [1.807, 2.05) is 103 Å². The van der Waals surface area contributed by atoms with Crippen LogP contribution in [0.2, 0.25) is 0 Å². The average molecular weight is 707 g/mol. The molecule has 0 fully saturated rings. The summed E-state index contributed by atoms with van der Waals surface area (Å²) in [5, 5.41) is 6.71. The Balaban J connectivity index is 1.05. The molecular formula is C50H31N3O2. The maximum Gasteiger partial charge on any atom is 0.227 e. The predicted octanol–water partition coefficient (Wildman–Crippen LogP) is 13.9. The first-order valence-electron chi connectivity index (χ1n) is 18.8. The summed E-state index contributed by atoms with van der Waals surface area (Å²) < 4.78 is 22.1. The van der Waals surface area contributed by atoms with Crippen molar-refractivity contribution in [3.63, 3.8) is 0 Å². The third-order valence-electron chi connectivity index (χ3n) is 10.4. The van der Waals surface area contributed by atoms with Crippen LogP contribution in [0, 0.1) is 0 Å². The van der Waals surface area contributed by atoms with Crippen LogP contribution >= 0.6 is 0 Å². The van der Waals surface area contributed by atoms with Crippen molar-refractivity contribution in [1.82, 2.24) is 9.97 Å². The van der Waals surface area contributed by atoms with Gasteiger partial charge in [-0.15, -0.1) is 0 Å². The molecule has 0 atom stereocenters. The van der Waals surface area contributed by atoms with Crippen molar-refractivity contribution in [3.05, 3.63) is 188 Å². The van der Waals surface area contributed by atoms with Gasteiger partial charge in [0.25, 0.3) is 0 Å². The van der Waals surface area contributed by atoms with E-state index in [4.69, 9.17) is 18.8 Å². The van der Waals surface area contributed by atoms with E-state index in [9.17, 15) is 1.37 Å². The van der Waals surface area contributed by atoms with Crippen molar-refractivity contribution in [2.75, 3.05) is 4.90 Å². The Morgan fingerprint density at radius 3 is 1.69 bits per heavy atom. The van der Waals surface area contributed by atoms with Gasteiger partial charge in [0.1, 0.15) is 11.0 Å². The monoisotopic (exact) mass is 706 g/mol. The van der Waals surface area contributed by atoms with Gasteiger partial charge in [0, 0.05) is 40.3 Å². The first-order chi connectivity index (χ1) is 27.6. The van der Waals surface area contributed by atoms with Crippen LogP contribution in [0.4, 0.5) is 17.1 Å². The molecule has 0 saturated carbocycles. The van der Waals surface area contributed by atoms with Gasteiger partial charge in [-0.25, -0.2) is 9.97 Å². The molecule has 2 aromatic heterocycles. The van der Waals surface area contributed by atoms with Crippen LogP contribution < -0.4 is 4.90 Å². The highest BCUT2D eigenvalue weighted by atomic mass is 16.4. The molecule has 55 heavy (non-hydrogen) atoms. The van der Waals surface area contributed by atoms with Crippen molar-refractivity contribution in [1.29, 1.82) is 0 Å². The van der Waals surface area contributed by atoms with E-state index in [-0.39, 0.29) is 0 Å². The summed E-state index contributed by atoms with van der Waals surface area (Å²) in [4.78, 5) is 11.7. The fourth-order valence-corrected chi connectivity index (χ4v) is 7.71. The van der Waals surface area contributed by atoms with E-state index in [1.54, 1.807) is 0 Å². The molecule has 9 aromatic carbocycles. The van der Waals surface area contributed by atoms with E-state index in [0.29, 0.717) is 29.0 Å². The van der Waals surface area contributed by atoms with Gasteiger partial charge < -0.3 is 13.7 Å². The van der Waals surface area contributed by atoms with Crippen LogP contribution in [0.15, 0.2) is 197 Å². The molecule has 11 rings (SSSR count). The van der Waals surface area contributed by atoms with Gasteiger partial charge in [0.15, 0.2) is 11.2 Å². The van der Waals surface area contributed by atoms with Gasteiger partial charge in [-0.2, -0.15) is 0 Å². The summed E-state index contributed by atoms with van der Waals surface area (Å²) in [6.07, 6.45) is 0. The summed E-state index contributed by atoms with van der Waals surface area (Å²) in [6.45, 7) is 0. The molecule has 11 aromatic rings. The van der Waals surface area contributed by atoms with Gasteiger partial charge >= 0.3 is 0 Å². The minimum atomic E-state index is 0.425. The van der Waals surface area contributed by atoms with Gasteiger partial charge in [-0.1, -0.05) is 109 Å². The molecule has 258 valence electrons. The highest BCUT2D eigenvalue weighted by Crippen LogP contribution is 2.41. The van der Waals surface area contributed by atoms with Crippen molar-refractivity contribution in [3.8, 4) is 34.0 Å². The third-order valence-corrected chi connectivity index (χ3v) is 10.4. The Hall–Kier alpha value is -7.50. The van der Waals surface area contributed by atoms with Crippen LogP contribution in [-0.2, 0) is 0 Å². The second-order valence-electron chi connectivity index (χ2n) is 13.8. The van der Waals surface area contributed by atoms with Crippen LogP contribution in [0.1, 0.15) is 1.37 Å². The number of aromatic nitrogens is 2. The molecule has 0 radical (unpaired) electrons. The molecule has 5 heteroatoms. The smallest absolute Gasteiger partial charge is 0.227 e. The number of oxazole rings is 2. The van der Waals surface area contributed by atoms with Gasteiger partial charge in [-0.05, 0) is 110 Å². The van der Waals surface area contributed by atoms with E-state index in [2.05, 4.69) is 83.8 Å². The van der Waals surface area contributed by atoms with Crippen LogP contribution in [0.3, 0.4) is 0 Å². The summed E-state index contributed by atoms with van der Waals surface area (Å²) in [5.41, 5.74) is 9.44. The highest BCUT2D eigenvalue weighted by Gasteiger charge is 2.19. The fraction of sp³-hybridized carbons (Fsp3) is 0. The third kappa shape index (κ3) is 5.41. The number of rotatable bonds is 6. The minimum absolute atomic E-state index is 0.425. The minimum Gasteiger partial charge on any atom is -0.436 e. The predicted molar refractivity (Wildman–Crippen MR) is 225 cm³/mol. The van der Waals surface area contributed by atoms with Gasteiger partial charge in [0.2, 0.25) is 11.8 Å². The Bertz CT molecular complexity index is 3160. The molecule has 0 aliphatic heterocycles. The Labute approximate surface area is 317 Å². The molecule has 0 spiro atoms. The molecule has 0 saturated heterocycles. The average Bonchev–Trinajstić information content (AvgIpc) is 3.89. The first-order valence-corrected chi connectivity index (χ1v) is 18.3. The van der Waals surface area contributed by atoms with E-state index >= 15 is 0 Å². The number of nitrogens with zero attached hydrogens (tertiary/aromatic N) is 3. The van der Waals surface area contributed by atoms with Crippen molar-refractivity contribution < 1.29 is 10.2 Å². The quantitative estimate of drug-likeness (QED) is 0.161. The SMILES string of the molecule is [2H]c1cc(N(c2ccc3nc(-c4ccccc4)oc3c2)c2ccc3nc(-c4ccccc4)oc3c2)cc2ccc(-c3cccc4c3ccc3ccccc34)cc12. The topological polar surface area (TPSA) is 55.3 Å². The number of hydrogen-bond donors (Lipinski definition) is 0. The van der Waals surface area contributed by atoms with Gasteiger partial charge in [0.05, 0.1) is 1.37 Å². The summed E-state index contributed by atoms with van der Waals surface area (Å²) >= 11 is 0. The Morgan fingerprint density at radius 2 is 1.00 bits per heavy atom. The second-order valence-corrected chi connectivity index (χ2v) is 13.8. The van der Waals surface area contributed by atoms with Crippen molar-refractivity contribution >= 4 is 71.6 Å². The number of benzene rings is 9. The van der Waals surface area contributed by atoms with Crippen molar-refractivity contribution in [2.24, 2.45) is 0 Å². The van der Waals surface area contributed by atoms with Crippen molar-refractivity contribution in [2.45, 2.75) is 0 Å². The lowest BCUT2D eigenvalue weighted by Gasteiger charge is -2.25. The maximum absolute atomic E-state index is 9.43. The normalized spacial score (nSPS) is 11.9. The number of hydrogen-bond acceptors (Lipinski definition) is 5. The zero-order chi connectivity index (χ0) is 37.2. The van der Waals surface area contributed by atoms with E-state index < -0.39 is 0 Å². The zero-order valence-electron chi connectivity index (χ0n) is 30.5. The lowest BCUT2D eigenvalue weighted by Crippen LogP contribution is -2.09. The lowest BCUT2D eigenvalue weighted by molar-refractivity contribution is 0.620. The Kier molecular flexibility index (Phi) is 6.86.